The van der Waals surface area contributed by atoms with Gasteiger partial charge in [0.15, 0.2) is 5.89 Å². The SMILES string of the molecule is CCc1nc(CC(=O)N2CCNCC2)co1. The normalized spacial score (nSPS) is 16.4. The summed E-state index contributed by atoms with van der Waals surface area (Å²) in [6, 6.07) is 0. The van der Waals surface area contributed by atoms with Crippen molar-refractivity contribution < 1.29 is 9.21 Å². The zero-order valence-corrected chi connectivity index (χ0v) is 9.53. The summed E-state index contributed by atoms with van der Waals surface area (Å²) in [6.07, 6.45) is 2.70. The molecule has 2 rings (SSSR count). The fraction of sp³-hybridized carbons (Fsp3) is 0.636. The number of nitrogens with one attached hydrogen (secondary N) is 1. The van der Waals surface area contributed by atoms with Gasteiger partial charge in [0.05, 0.1) is 12.1 Å². The summed E-state index contributed by atoms with van der Waals surface area (Å²) >= 11 is 0. The summed E-state index contributed by atoms with van der Waals surface area (Å²) in [7, 11) is 0. The number of rotatable bonds is 3. The highest BCUT2D eigenvalue weighted by atomic mass is 16.3. The highest BCUT2D eigenvalue weighted by Crippen LogP contribution is 2.05. The Hall–Kier alpha value is -1.36. The molecular formula is C11H17N3O2. The molecule has 0 unspecified atom stereocenters. The Balaban J connectivity index is 1.90. The topological polar surface area (TPSA) is 58.4 Å². The van der Waals surface area contributed by atoms with Gasteiger partial charge in [-0.05, 0) is 0 Å². The smallest absolute Gasteiger partial charge is 0.228 e. The first-order valence-corrected chi connectivity index (χ1v) is 5.71. The zero-order chi connectivity index (χ0) is 11.4. The largest absolute Gasteiger partial charge is 0.449 e. The fourth-order valence-electron chi connectivity index (χ4n) is 1.77. The minimum absolute atomic E-state index is 0.137. The van der Waals surface area contributed by atoms with Gasteiger partial charge in [-0.25, -0.2) is 4.98 Å². The molecular weight excluding hydrogens is 206 g/mol. The standard InChI is InChI=1S/C11H17N3O2/c1-2-10-13-9(8-16-10)7-11(15)14-5-3-12-4-6-14/h8,12H,2-7H2,1H3. The van der Waals surface area contributed by atoms with E-state index in [-0.39, 0.29) is 5.91 Å². The van der Waals surface area contributed by atoms with Crippen molar-refractivity contribution >= 4 is 5.91 Å². The van der Waals surface area contributed by atoms with Crippen LogP contribution in [0.1, 0.15) is 18.5 Å². The highest BCUT2D eigenvalue weighted by Gasteiger charge is 2.17. The molecule has 16 heavy (non-hydrogen) atoms. The first kappa shape index (κ1) is 11.1. The molecule has 88 valence electrons. The summed E-state index contributed by atoms with van der Waals surface area (Å²) in [5, 5.41) is 3.22. The molecule has 0 saturated carbocycles. The average molecular weight is 223 g/mol. The van der Waals surface area contributed by atoms with Gasteiger partial charge in [0, 0.05) is 32.6 Å². The number of carbonyl (C=O) groups is 1. The molecule has 1 aliphatic rings. The molecule has 0 aliphatic carbocycles. The molecule has 0 atom stereocenters. The van der Waals surface area contributed by atoms with E-state index in [4.69, 9.17) is 4.42 Å². The van der Waals surface area contributed by atoms with Crippen molar-refractivity contribution in [2.24, 2.45) is 0 Å². The predicted octanol–water partition coefficient (Wildman–Crippen LogP) is 0.211. The second-order valence-corrected chi connectivity index (χ2v) is 3.89. The third kappa shape index (κ3) is 2.61. The monoisotopic (exact) mass is 223 g/mol. The maximum atomic E-state index is 11.9. The van der Waals surface area contributed by atoms with Crippen molar-refractivity contribution in [3.63, 3.8) is 0 Å². The van der Waals surface area contributed by atoms with E-state index in [1.165, 1.54) is 0 Å². The van der Waals surface area contributed by atoms with Crippen LogP contribution in [-0.4, -0.2) is 42.0 Å². The van der Waals surface area contributed by atoms with Crippen molar-refractivity contribution in [3.8, 4) is 0 Å². The second kappa shape index (κ2) is 5.12. The van der Waals surface area contributed by atoms with Gasteiger partial charge >= 0.3 is 0 Å². The van der Waals surface area contributed by atoms with E-state index in [1.807, 2.05) is 11.8 Å². The molecule has 1 aliphatic heterocycles. The lowest BCUT2D eigenvalue weighted by molar-refractivity contribution is -0.131. The average Bonchev–Trinajstić information content (AvgIpc) is 2.78. The Morgan fingerprint density at radius 2 is 2.31 bits per heavy atom. The molecule has 1 aromatic heterocycles. The quantitative estimate of drug-likeness (QED) is 0.796. The van der Waals surface area contributed by atoms with Gasteiger partial charge in [-0.3, -0.25) is 4.79 Å². The molecule has 1 N–H and O–H groups in total. The van der Waals surface area contributed by atoms with Crippen molar-refractivity contribution in [2.45, 2.75) is 19.8 Å². The lowest BCUT2D eigenvalue weighted by atomic mass is 10.2. The molecule has 1 fully saturated rings. The molecule has 0 radical (unpaired) electrons. The van der Waals surface area contributed by atoms with Gasteiger partial charge in [0.2, 0.25) is 5.91 Å². The molecule has 0 spiro atoms. The highest BCUT2D eigenvalue weighted by molar-refractivity contribution is 5.78. The number of hydrogen-bond donors (Lipinski definition) is 1. The van der Waals surface area contributed by atoms with Crippen molar-refractivity contribution in [1.29, 1.82) is 0 Å². The Morgan fingerprint density at radius 3 is 2.94 bits per heavy atom. The number of amides is 1. The van der Waals surface area contributed by atoms with Gasteiger partial charge in [-0.1, -0.05) is 6.92 Å². The Labute approximate surface area is 94.8 Å². The van der Waals surface area contributed by atoms with Crippen LogP contribution in [-0.2, 0) is 17.6 Å². The molecule has 0 aromatic carbocycles. The summed E-state index contributed by atoms with van der Waals surface area (Å²) in [6.45, 7) is 5.32. The number of nitrogens with zero attached hydrogens (tertiary/aromatic N) is 2. The van der Waals surface area contributed by atoms with Crippen LogP contribution in [0.15, 0.2) is 10.7 Å². The van der Waals surface area contributed by atoms with Crippen molar-refractivity contribution in [2.75, 3.05) is 26.2 Å². The van der Waals surface area contributed by atoms with Crippen LogP contribution >= 0.6 is 0 Å². The van der Waals surface area contributed by atoms with Crippen LogP contribution in [0.5, 0.6) is 0 Å². The summed E-state index contributed by atoms with van der Waals surface area (Å²) in [4.78, 5) is 18.0. The predicted molar refractivity (Wildman–Crippen MR) is 59.0 cm³/mol. The molecule has 1 amide bonds. The first-order chi connectivity index (χ1) is 7.79. The van der Waals surface area contributed by atoms with Gasteiger partial charge in [-0.2, -0.15) is 0 Å². The summed E-state index contributed by atoms with van der Waals surface area (Å²) in [5.41, 5.74) is 0.736. The van der Waals surface area contributed by atoms with Gasteiger partial charge in [-0.15, -0.1) is 0 Å². The number of oxazole rings is 1. The summed E-state index contributed by atoms with van der Waals surface area (Å²) < 4.78 is 5.21. The number of aromatic nitrogens is 1. The van der Waals surface area contributed by atoms with Crippen LogP contribution in [0.3, 0.4) is 0 Å². The fourth-order valence-corrected chi connectivity index (χ4v) is 1.77. The molecule has 5 heteroatoms. The maximum absolute atomic E-state index is 11.9. The minimum Gasteiger partial charge on any atom is -0.449 e. The molecule has 1 aromatic rings. The molecule has 1 saturated heterocycles. The van der Waals surface area contributed by atoms with E-state index >= 15 is 0 Å². The van der Waals surface area contributed by atoms with Crippen LogP contribution in [0, 0.1) is 0 Å². The summed E-state index contributed by atoms with van der Waals surface area (Å²) in [5.74, 6) is 0.834. The second-order valence-electron chi connectivity index (χ2n) is 3.89. The van der Waals surface area contributed by atoms with Crippen LogP contribution in [0.25, 0.3) is 0 Å². The van der Waals surface area contributed by atoms with E-state index < -0.39 is 0 Å². The van der Waals surface area contributed by atoms with E-state index in [9.17, 15) is 4.79 Å². The van der Waals surface area contributed by atoms with E-state index in [1.54, 1.807) is 6.26 Å². The third-order valence-corrected chi connectivity index (χ3v) is 2.70. The van der Waals surface area contributed by atoms with Crippen LogP contribution in [0.4, 0.5) is 0 Å². The van der Waals surface area contributed by atoms with E-state index in [2.05, 4.69) is 10.3 Å². The lowest BCUT2D eigenvalue weighted by Gasteiger charge is -2.27. The van der Waals surface area contributed by atoms with Gasteiger partial charge in [0.25, 0.3) is 0 Å². The van der Waals surface area contributed by atoms with Gasteiger partial charge in [0.1, 0.15) is 6.26 Å². The zero-order valence-electron chi connectivity index (χ0n) is 9.53. The molecule has 5 nitrogen and oxygen atoms in total. The van der Waals surface area contributed by atoms with Crippen LogP contribution < -0.4 is 5.32 Å². The first-order valence-electron chi connectivity index (χ1n) is 5.71. The Bertz CT molecular complexity index is 356. The number of piperazine rings is 1. The number of hydrogen-bond acceptors (Lipinski definition) is 4. The van der Waals surface area contributed by atoms with E-state index in [0.29, 0.717) is 12.3 Å². The third-order valence-electron chi connectivity index (χ3n) is 2.70. The lowest BCUT2D eigenvalue weighted by Crippen LogP contribution is -2.46. The minimum atomic E-state index is 0.137. The van der Waals surface area contributed by atoms with Crippen LogP contribution in [0.2, 0.25) is 0 Å². The number of carbonyl (C=O) groups excluding carboxylic acids is 1. The maximum Gasteiger partial charge on any atom is 0.228 e. The van der Waals surface area contributed by atoms with Crippen molar-refractivity contribution in [3.05, 3.63) is 17.8 Å². The van der Waals surface area contributed by atoms with Crippen molar-refractivity contribution in [1.82, 2.24) is 15.2 Å². The van der Waals surface area contributed by atoms with E-state index in [0.717, 1.165) is 38.3 Å². The van der Waals surface area contributed by atoms with Gasteiger partial charge < -0.3 is 14.6 Å². The molecule has 0 bridgehead atoms. The molecule has 2 heterocycles. The number of aryl methyl sites for hydroxylation is 1. The Kier molecular flexibility index (Phi) is 3.56. The Morgan fingerprint density at radius 1 is 1.56 bits per heavy atom.